The van der Waals surface area contributed by atoms with Crippen molar-refractivity contribution in [2.45, 2.75) is 44.5 Å². The number of carbonyl (C=O) groups excluding carboxylic acids is 2. The molecule has 0 aliphatic rings. The van der Waals surface area contributed by atoms with Crippen molar-refractivity contribution in [2.24, 2.45) is 0 Å². The van der Waals surface area contributed by atoms with Gasteiger partial charge in [-0.3, -0.25) is 9.59 Å². The number of carbonyl (C=O) groups is 2. The third-order valence-electron chi connectivity index (χ3n) is 6.44. The molecule has 0 radical (unpaired) electrons. The number of benzene rings is 1. The quantitative estimate of drug-likeness (QED) is 0.168. The first kappa shape index (κ1) is 35.9. The molecule has 0 aliphatic carbocycles. The molecule has 0 aliphatic heterocycles. The molecule has 0 unspecified atom stereocenters. The summed E-state index contributed by atoms with van der Waals surface area (Å²) in [5.41, 5.74) is -1.74. The molecule has 0 saturated heterocycles. The highest BCUT2D eigenvalue weighted by molar-refractivity contribution is 7.98. The number of anilines is 1. The molecule has 2 amide bonds. The van der Waals surface area contributed by atoms with E-state index in [0.717, 1.165) is 10.7 Å². The Bertz CT molecular complexity index is 1800. The molecule has 3 aromatic heterocycles. The number of halogens is 9. The van der Waals surface area contributed by atoms with Gasteiger partial charge in [-0.2, -0.15) is 47.6 Å². The summed E-state index contributed by atoms with van der Waals surface area (Å²) in [6.07, 6.45) is -3.17. The van der Waals surface area contributed by atoms with Gasteiger partial charge in [0.1, 0.15) is 5.69 Å². The van der Waals surface area contributed by atoms with Gasteiger partial charge in [0.2, 0.25) is 0 Å². The van der Waals surface area contributed by atoms with Gasteiger partial charge in [0.15, 0.2) is 11.5 Å². The van der Waals surface area contributed by atoms with Gasteiger partial charge in [-0.25, -0.2) is 14.3 Å². The smallest absolute Gasteiger partial charge is 0.349 e. The van der Waals surface area contributed by atoms with Gasteiger partial charge in [0.25, 0.3) is 11.8 Å². The summed E-state index contributed by atoms with van der Waals surface area (Å²) in [6, 6.07) is 6.72. The summed E-state index contributed by atoms with van der Waals surface area (Å²) in [4.78, 5) is 31.0. The van der Waals surface area contributed by atoms with Crippen LogP contribution >= 0.6 is 35.0 Å². The number of nitrogens with zero attached hydrogens (tertiary/aromatic N) is 6. The maximum atomic E-state index is 14.2. The van der Waals surface area contributed by atoms with Gasteiger partial charge in [-0.1, -0.05) is 28.4 Å². The minimum atomic E-state index is -6.57. The van der Waals surface area contributed by atoms with E-state index in [2.05, 4.69) is 31.0 Å². The molecule has 0 fully saturated rings. The van der Waals surface area contributed by atoms with Crippen LogP contribution in [0.15, 0.2) is 42.7 Å². The maximum absolute atomic E-state index is 14.2. The van der Waals surface area contributed by atoms with E-state index in [1.165, 1.54) is 42.2 Å². The van der Waals surface area contributed by atoms with E-state index in [1.807, 2.05) is 6.26 Å². The van der Waals surface area contributed by atoms with Crippen molar-refractivity contribution in [1.82, 2.24) is 35.1 Å². The summed E-state index contributed by atoms with van der Waals surface area (Å²) >= 11 is 14.0. The number of aromatic nitrogens is 6. The highest BCUT2D eigenvalue weighted by Gasteiger charge is 2.74. The normalized spacial score (nSPS) is 13.0. The first-order valence-corrected chi connectivity index (χ1v) is 15.4. The third kappa shape index (κ3) is 7.49. The van der Waals surface area contributed by atoms with E-state index in [0.29, 0.717) is 16.0 Å². The van der Waals surface area contributed by atoms with Gasteiger partial charge < -0.3 is 10.6 Å². The van der Waals surface area contributed by atoms with Gasteiger partial charge in [-0.05, 0) is 56.0 Å². The van der Waals surface area contributed by atoms with Crippen LogP contribution in [-0.2, 0) is 12.5 Å². The Morgan fingerprint density at radius 1 is 1.06 bits per heavy atom. The van der Waals surface area contributed by atoms with Crippen molar-refractivity contribution < 1.29 is 40.3 Å². The Kier molecular flexibility index (Phi) is 10.5. The molecular weight excluding hydrogens is 704 g/mol. The van der Waals surface area contributed by atoms with E-state index in [9.17, 15) is 40.3 Å². The van der Waals surface area contributed by atoms with Crippen molar-refractivity contribution in [3.8, 4) is 5.82 Å². The lowest BCUT2D eigenvalue weighted by Gasteiger charge is -2.26. The van der Waals surface area contributed by atoms with Crippen molar-refractivity contribution in [3.05, 3.63) is 81.0 Å². The monoisotopic (exact) mass is 726 g/mol. The van der Waals surface area contributed by atoms with E-state index in [4.69, 9.17) is 23.2 Å². The minimum absolute atomic E-state index is 0.0267. The van der Waals surface area contributed by atoms with Crippen LogP contribution in [0.1, 0.15) is 44.7 Å². The lowest BCUT2D eigenvalue weighted by atomic mass is 10.1. The van der Waals surface area contributed by atoms with Crippen LogP contribution < -0.4 is 10.6 Å². The van der Waals surface area contributed by atoms with Crippen LogP contribution in [0.5, 0.6) is 0 Å². The Hall–Kier alpha value is -3.90. The second-order valence-electron chi connectivity index (χ2n) is 10.1. The minimum Gasteiger partial charge on any atom is -0.349 e. The van der Waals surface area contributed by atoms with Crippen LogP contribution in [-0.4, -0.2) is 71.7 Å². The number of rotatable bonds is 11. The van der Waals surface area contributed by atoms with Gasteiger partial charge in [0, 0.05) is 23.0 Å². The molecule has 0 bridgehead atoms. The molecule has 0 saturated carbocycles. The number of alkyl halides is 7. The van der Waals surface area contributed by atoms with Crippen LogP contribution in [0.4, 0.5) is 36.4 Å². The maximum Gasteiger partial charge on any atom is 0.460 e. The van der Waals surface area contributed by atoms with Gasteiger partial charge in [-0.15, -0.1) is 5.10 Å². The number of pyridine rings is 1. The predicted octanol–water partition coefficient (Wildman–Crippen LogP) is 6.55. The van der Waals surface area contributed by atoms with Crippen molar-refractivity contribution in [2.75, 3.05) is 17.3 Å². The van der Waals surface area contributed by atoms with E-state index in [-0.39, 0.29) is 50.7 Å². The molecule has 47 heavy (non-hydrogen) atoms. The topological polar surface area (TPSA) is 120 Å². The Labute approximate surface area is 276 Å². The number of hydrogen-bond acceptors (Lipinski definition) is 7. The van der Waals surface area contributed by atoms with E-state index >= 15 is 0 Å². The number of thioether (sulfide) groups is 1. The van der Waals surface area contributed by atoms with Gasteiger partial charge >= 0.3 is 18.0 Å². The molecule has 4 rings (SSSR count). The molecule has 3 heterocycles. The zero-order valence-electron chi connectivity index (χ0n) is 24.3. The van der Waals surface area contributed by atoms with Crippen LogP contribution in [0.3, 0.4) is 0 Å². The first-order valence-electron chi connectivity index (χ1n) is 13.2. The fraction of sp³-hybridized carbons (Fsp3) is 0.333. The SMILES string of the molecule is CSC[C@H](C)NC(=O)c1cc(Cl)cc(C)c1NC(=O)c1cc(Cn2cc(C(F)(F)C(F)(F)C(F)(F)F)nn2)nn1-c1ncccc1Cl. The Balaban J connectivity index is 1.71. The van der Waals surface area contributed by atoms with E-state index < -0.39 is 42.1 Å². The van der Waals surface area contributed by atoms with Crippen molar-refractivity contribution >= 4 is 52.5 Å². The molecular formula is C27H23Cl2F7N8O2S. The summed E-state index contributed by atoms with van der Waals surface area (Å²) in [5.74, 6) is -13.0. The number of nitrogens with one attached hydrogen (secondary N) is 2. The fourth-order valence-corrected chi connectivity index (χ4v) is 5.30. The standard InChI is InChI=1S/C27H23Cl2F7N8O2S/c1-13-7-15(28)8-17(23(45)38-14(2)12-47-3)21(13)39-24(46)19-9-16(41-44(19)22-18(29)5-4-6-37-22)10-43-11-20(40-42-43)25(30,31)26(32,33)27(34,35)36/h4-9,11,14H,10,12H2,1-3H3,(H,38,45)(H,39,46)/t14-/m0/s1. The van der Waals surface area contributed by atoms with Crippen molar-refractivity contribution in [1.29, 1.82) is 0 Å². The van der Waals surface area contributed by atoms with Crippen molar-refractivity contribution in [3.63, 3.8) is 0 Å². The summed E-state index contributed by atoms with van der Waals surface area (Å²) < 4.78 is 94.9. The predicted molar refractivity (Wildman–Crippen MR) is 160 cm³/mol. The third-order valence-corrected chi connectivity index (χ3v) is 7.79. The molecule has 1 atom stereocenters. The Morgan fingerprint density at radius 3 is 2.40 bits per heavy atom. The van der Waals surface area contributed by atoms with Crippen LogP contribution in [0.25, 0.3) is 5.82 Å². The summed E-state index contributed by atoms with van der Waals surface area (Å²) in [6.45, 7) is 2.78. The van der Waals surface area contributed by atoms with Gasteiger partial charge in [0.05, 0.1) is 34.7 Å². The average Bonchev–Trinajstić information content (AvgIpc) is 3.62. The van der Waals surface area contributed by atoms with Crippen LogP contribution in [0.2, 0.25) is 10.0 Å². The highest BCUT2D eigenvalue weighted by Crippen LogP contribution is 2.51. The summed E-state index contributed by atoms with van der Waals surface area (Å²) in [5, 5.41) is 16.0. The largest absolute Gasteiger partial charge is 0.460 e. The lowest BCUT2D eigenvalue weighted by molar-refractivity contribution is -0.360. The molecule has 10 nitrogen and oxygen atoms in total. The second kappa shape index (κ2) is 13.7. The molecule has 2 N–H and O–H groups in total. The molecule has 252 valence electrons. The fourth-order valence-electron chi connectivity index (χ4n) is 4.25. The first-order chi connectivity index (χ1) is 21.9. The summed E-state index contributed by atoms with van der Waals surface area (Å²) in [7, 11) is 0. The lowest BCUT2D eigenvalue weighted by Crippen LogP contribution is -2.50. The van der Waals surface area contributed by atoms with E-state index in [1.54, 1.807) is 13.8 Å². The second-order valence-corrected chi connectivity index (χ2v) is 11.9. The molecule has 1 aromatic carbocycles. The zero-order valence-corrected chi connectivity index (χ0v) is 26.7. The average molecular weight is 727 g/mol. The van der Waals surface area contributed by atoms with Crippen LogP contribution in [0, 0.1) is 6.92 Å². The molecule has 20 heteroatoms. The molecule has 0 spiro atoms. The number of hydrogen-bond donors (Lipinski definition) is 2. The number of amides is 2. The highest BCUT2D eigenvalue weighted by atomic mass is 35.5. The Morgan fingerprint density at radius 2 is 1.77 bits per heavy atom. The molecule has 4 aromatic rings. The zero-order chi connectivity index (χ0) is 34.9. The number of aryl methyl sites for hydroxylation is 1.